The average molecular weight is 326 g/mol. The summed E-state index contributed by atoms with van der Waals surface area (Å²) in [5.41, 5.74) is 1.71. The van der Waals surface area contributed by atoms with E-state index in [2.05, 4.69) is 0 Å². The summed E-state index contributed by atoms with van der Waals surface area (Å²) in [7, 11) is 0.534. The van der Waals surface area contributed by atoms with Crippen molar-refractivity contribution in [2.24, 2.45) is 0 Å². The van der Waals surface area contributed by atoms with E-state index in [1.807, 2.05) is 18.2 Å². The molecule has 3 rings (SSSR count). The van der Waals surface area contributed by atoms with E-state index in [0.29, 0.717) is 13.2 Å². The maximum Gasteiger partial charge on any atom is 0.570 e. The third-order valence-corrected chi connectivity index (χ3v) is 3.39. The van der Waals surface area contributed by atoms with Crippen LogP contribution in [0, 0.1) is 0 Å². The number of rotatable bonds is 3. The maximum atomic E-state index is 12.6. The highest BCUT2D eigenvalue weighted by molar-refractivity contribution is 6.17. The highest BCUT2D eigenvalue weighted by atomic mass is 16.6. The molecule has 0 spiro atoms. The molecule has 6 nitrogen and oxygen atoms in total. The summed E-state index contributed by atoms with van der Waals surface area (Å²) in [6.07, 6.45) is 2.62. The van der Waals surface area contributed by atoms with E-state index >= 15 is 0 Å². The van der Waals surface area contributed by atoms with Gasteiger partial charge in [-0.05, 0) is 38.5 Å². The van der Waals surface area contributed by atoms with Crippen molar-refractivity contribution in [1.82, 2.24) is 4.57 Å². The van der Waals surface area contributed by atoms with Gasteiger partial charge in [-0.3, -0.25) is 0 Å². The van der Waals surface area contributed by atoms with Crippen molar-refractivity contribution in [3.05, 3.63) is 42.9 Å². The van der Waals surface area contributed by atoms with Crippen molar-refractivity contribution in [2.45, 2.75) is 26.4 Å². The van der Waals surface area contributed by atoms with E-state index in [4.69, 9.17) is 18.8 Å². The quantitative estimate of drug-likeness (QED) is 0.745. The van der Waals surface area contributed by atoms with Gasteiger partial charge in [-0.15, -0.1) is 0 Å². The molecule has 0 fully saturated rings. The maximum absolute atomic E-state index is 12.6. The minimum Gasteiger partial charge on any atom is -0.524 e. The average Bonchev–Trinajstić information content (AvgIpc) is 3.12. The molecule has 2 aromatic heterocycles. The van der Waals surface area contributed by atoms with E-state index in [9.17, 15) is 4.79 Å². The molecule has 3 aromatic rings. The van der Waals surface area contributed by atoms with Crippen LogP contribution in [0.2, 0.25) is 0 Å². The first-order chi connectivity index (χ1) is 11.4. The molecular formula is C17H17BNO5. The lowest BCUT2D eigenvalue weighted by molar-refractivity contribution is 0.0537. The van der Waals surface area contributed by atoms with Gasteiger partial charge in [0.2, 0.25) is 0 Å². The fourth-order valence-corrected chi connectivity index (χ4v) is 2.51. The van der Waals surface area contributed by atoms with Crippen LogP contribution in [0.3, 0.4) is 0 Å². The van der Waals surface area contributed by atoms with Crippen LogP contribution in [0.4, 0.5) is 4.79 Å². The van der Waals surface area contributed by atoms with Crippen LogP contribution in [0.15, 0.2) is 47.3 Å². The summed E-state index contributed by atoms with van der Waals surface area (Å²) in [4.78, 5) is 12.6. The van der Waals surface area contributed by atoms with Crippen LogP contribution in [-0.2, 0) is 4.74 Å². The van der Waals surface area contributed by atoms with Crippen LogP contribution in [0.25, 0.3) is 22.0 Å². The van der Waals surface area contributed by atoms with Crippen molar-refractivity contribution in [2.75, 3.05) is 0 Å². The van der Waals surface area contributed by atoms with E-state index in [1.54, 1.807) is 45.4 Å². The summed E-state index contributed by atoms with van der Waals surface area (Å²) < 4.78 is 17.0. The van der Waals surface area contributed by atoms with Crippen molar-refractivity contribution in [3.63, 3.8) is 0 Å². The predicted molar refractivity (Wildman–Crippen MR) is 89.9 cm³/mol. The second kappa shape index (κ2) is 6.09. The first-order valence-corrected chi connectivity index (χ1v) is 7.43. The van der Waals surface area contributed by atoms with Crippen molar-refractivity contribution in [1.29, 1.82) is 0 Å². The third kappa shape index (κ3) is 3.03. The van der Waals surface area contributed by atoms with Gasteiger partial charge in [-0.1, -0.05) is 12.1 Å². The number of nitrogens with zero attached hydrogens (tertiary/aromatic N) is 1. The minimum atomic E-state index is -0.657. The predicted octanol–water partition coefficient (Wildman–Crippen LogP) is 3.59. The Balaban J connectivity index is 2.18. The van der Waals surface area contributed by atoms with E-state index < -0.39 is 11.7 Å². The normalized spacial score (nSPS) is 11.5. The third-order valence-electron chi connectivity index (χ3n) is 3.39. The molecule has 0 amide bonds. The SMILES string of the molecule is CC(C)(C)OC(=O)n1c(O[B]O)cc2c(-c3ccoc3)cccc21. The Kier molecular flexibility index (Phi) is 4.11. The van der Waals surface area contributed by atoms with Crippen LogP contribution < -0.4 is 4.65 Å². The Bertz CT molecular complexity index is 861. The zero-order valence-electron chi connectivity index (χ0n) is 13.6. The molecule has 1 radical (unpaired) electrons. The van der Waals surface area contributed by atoms with Gasteiger partial charge in [-0.2, -0.15) is 0 Å². The molecule has 24 heavy (non-hydrogen) atoms. The minimum absolute atomic E-state index is 0.165. The van der Waals surface area contributed by atoms with Gasteiger partial charge < -0.3 is 18.8 Å². The zero-order valence-corrected chi connectivity index (χ0v) is 13.6. The lowest BCUT2D eigenvalue weighted by atomic mass is 10.0. The second-order valence-electron chi connectivity index (χ2n) is 6.27. The van der Waals surface area contributed by atoms with Crippen LogP contribution in [-0.4, -0.2) is 29.0 Å². The topological polar surface area (TPSA) is 73.8 Å². The van der Waals surface area contributed by atoms with Crippen molar-refractivity contribution >= 4 is 24.7 Å². The Hall–Kier alpha value is -2.67. The molecule has 7 heteroatoms. The van der Waals surface area contributed by atoms with E-state index in [1.165, 1.54) is 4.57 Å². The molecule has 0 aliphatic carbocycles. The number of fused-ring (bicyclic) bond motifs is 1. The molecule has 0 unspecified atom stereocenters. The molecule has 2 heterocycles. The van der Waals surface area contributed by atoms with Gasteiger partial charge in [-0.25, -0.2) is 9.36 Å². The van der Waals surface area contributed by atoms with E-state index in [-0.39, 0.29) is 5.88 Å². The Morgan fingerprint density at radius 3 is 2.71 bits per heavy atom. The van der Waals surface area contributed by atoms with Crippen LogP contribution >= 0.6 is 0 Å². The Morgan fingerprint density at radius 2 is 2.08 bits per heavy atom. The summed E-state index contributed by atoms with van der Waals surface area (Å²) in [5.74, 6) is 0.165. The van der Waals surface area contributed by atoms with Crippen LogP contribution in [0.5, 0.6) is 5.88 Å². The van der Waals surface area contributed by atoms with Gasteiger partial charge >= 0.3 is 13.8 Å². The molecule has 1 N–H and O–H groups in total. The molecular weight excluding hydrogens is 309 g/mol. The van der Waals surface area contributed by atoms with Crippen LogP contribution in [0.1, 0.15) is 20.8 Å². The fraction of sp³-hybridized carbons (Fsp3) is 0.235. The first kappa shape index (κ1) is 16.2. The number of ether oxygens (including phenoxy) is 1. The standard InChI is InChI=1S/C17H17BNO5/c1-17(2,3)23-16(20)19-14-6-4-5-12(11-7-8-22-10-11)13(14)9-15(19)24-18-21/h4-10,21H,1-3H3. The molecule has 0 aliphatic heterocycles. The lowest BCUT2D eigenvalue weighted by Gasteiger charge is -2.20. The highest BCUT2D eigenvalue weighted by Crippen LogP contribution is 2.34. The van der Waals surface area contributed by atoms with Gasteiger partial charge in [0.15, 0.2) is 5.88 Å². The second-order valence-corrected chi connectivity index (χ2v) is 6.27. The number of carbonyl (C=O) groups excluding carboxylic acids is 1. The monoisotopic (exact) mass is 326 g/mol. The molecule has 0 saturated carbocycles. The van der Waals surface area contributed by atoms with Gasteiger partial charge in [0.1, 0.15) is 5.60 Å². The largest absolute Gasteiger partial charge is 0.570 e. The molecule has 0 saturated heterocycles. The smallest absolute Gasteiger partial charge is 0.524 e. The molecule has 0 atom stereocenters. The summed E-state index contributed by atoms with van der Waals surface area (Å²) in [6.45, 7) is 5.35. The Labute approximate surface area is 139 Å². The molecule has 1 aromatic carbocycles. The first-order valence-electron chi connectivity index (χ1n) is 7.43. The van der Waals surface area contributed by atoms with Crippen molar-refractivity contribution in [3.8, 4) is 17.0 Å². The summed E-state index contributed by atoms with van der Waals surface area (Å²) in [5, 5.41) is 9.79. The number of hydrogen-bond donors (Lipinski definition) is 1. The number of hydrogen-bond acceptors (Lipinski definition) is 5. The number of carbonyl (C=O) groups is 1. The number of benzene rings is 1. The lowest BCUT2D eigenvalue weighted by Crippen LogP contribution is -2.27. The van der Waals surface area contributed by atoms with Crippen molar-refractivity contribution < 1.29 is 23.6 Å². The molecule has 0 aliphatic rings. The fourth-order valence-electron chi connectivity index (χ4n) is 2.51. The number of aromatic nitrogens is 1. The molecule has 123 valence electrons. The summed E-state index contributed by atoms with van der Waals surface area (Å²) >= 11 is 0. The molecule has 0 bridgehead atoms. The van der Waals surface area contributed by atoms with Gasteiger partial charge in [0.05, 0.1) is 18.0 Å². The zero-order chi connectivity index (χ0) is 17.3. The van der Waals surface area contributed by atoms with Gasteiger partial charge in [0, 0.05) is 17.0 Å². The summed E-state index contributed by atoms with van der Waals surface area (Å²) in [6, 6.07) is 9.04. The Morgan fingerprint density at radius 1 is 1.29 bits per heavy atom. The van der Waals surface area contributed by atoms with Gasteiger partial charge in [0.25, 0.3) is 0 Å². The van der Waals surface area contributed by atoms with E-state index in [0.717, 1.165) is 16.5 Å². The highest BCUT2D eigenvalue weighted by Gasteiger charge is 2.24. The number of furan rings is 1.